The highest BCUT2D eigenvalue weighted by Crippen LogP contribution is 2.28. The number of amides is 1. The fourth-order valence-electron chi connectivity index (χ4n) is 1.78. The quantitative estimate of drug-likeness (QED) is 0.571. The Morgan fingerprint density at radius 1 is 1.52 bits per heavy atom. The smallest absolute Gasteiger partial charge is 0.328 e. The van der Waals surface area contributed by atoms with Gasteiger partial charge in [-0.25, -0.2) is 4.79 Å². The van der Waals surface area contributed by atoms with Crippen LogP contribution >= 0.6 is 11.3 Å². The van der Waals surface area contributed by atoms with Crippen LogP contribution in [-0.4, -0.2) is 36.7 Å². The van der Waals surface area contributed by atoms with Crippen LogP contribution in [0.4, 0.5) is 0 Å². The lowest BCUT2D eigenvalue weighted by Gasteiger charge is -2.04. The fraction of sp³-hybridized carbons (Fsp3) is 0.467. The highest BCUT2D eigenvalue weighted by Gasteiger charge is 2.20. The third-order valence-corrected chi connectivity index (χ3v) is 4.34. The van der Waals surface area contributed by atoms with E-state index in [0.29, 0.717) is 18.0 Å². The highest BCUT2D eigenvalue weighted by atomic mass is 32.1. The Bertz CT molecular complexity index is 546. The normalized spacial score (nSPS) is 14.5. The second-order valence-electron chi connectivity index (χ2n) is 5.10. The SMILES string of the molecule is Cc1cc(C(=O)NCCOCC2CC2)sc1/C=C/C(=O)O. The van der Waals surface area contributed by atoms with Gasteiger partial charge in [-0.3, -0.25) is 4.79 Å². The highest BCUT2D eigenvalue weighted by molar-refractivity contribution is 7.15. The van der Waals surface area contributed by atoms with Crippen molar-refractivity contribution in [2.75, 3.05) is 19.8 Å². The van der Waals surface area contributed by atoms with Crippen molar-refractivity contribution in [2.24, 2.45) is 5.92 Å². The summed E-state index contributed by atoms with van der Waals surface area (Å²) in [6.07, 6.45) is 5.10. The molecule has 1 fully saturated rings. The summed E-state index contributed by atoms with van der Waals surface area (Å²) in [5, 5.41) is 11.4. The minimum absolute atomic E-state index is 0.145. The molecule has 0 unspecified atom stereocenters. The number of carbonyl (C=O) groups is 2. The Labute approximate surface area is 127 Å². The number of aliphatic carboxylic acids is 1. The van der Waals surface area contributed by atoms with Gasteiger partial charge in [0.2, 0.25) is 0 Å². The Morgan fingerprint density at radius 2 is 2.29 bits per heavy atom. The molecule has 21 heavy (non-hydrogen) atoms. The molecule has 1 aliphatic carbocycles. The zero-order valence-corrected chi connectivity index (χ0v) is 12.7. The first-order valence-corrected chi connectivity index (χ1v) is 7.75. The van der Waals surface area contributed by atoms with Crippen molar-refractivity contribution in [2.45, 2.75) is 19.8 Å². The Morgan fingerprint density at radius 3 is 2.95 bits per heavy atom. The average Bonchev–Trinajstić information content (AvgIpc) is 3.18. The largest absolute Gasteiger partial charge is 0.478 e. The van der Waals surface area contributed by atoms with Crippen LogP contribution < -0.4 is 5.32 Å². The average molecular weight is 309 g/mol. The van der Waals surface area contributed by atoms with Gasteiger partial charge in [-0.05, 0) is 43.4 Å². The molecular weight excluding hydrogens is 290 g/mol. The van der Waals surface area contributed by atoms with Crippen LogP contribution in [0, 0.1) is 12.8 Å². The molecule has 114 valence electrons. The second kappa shape index (κ2) is 7.38. The van der Waals surface area contributed by atoms with Crippen LogP contribution in [-0.2, 0) is 9.53 Å². The predicted octanol–water partition coefficient (Wildman–Crippen LogP) is 2.31. The summed E-state index contributed by atoms with van der Waals surface area (Å²) in [6, 6.07) is 1.77. The summed E-state index contributed by atoms with van der Waals surface area (Å²) in [5.41, 5.74) is 0.896. The molecule has 2 N–H and O–H groups in total. The molecule has 0 spiro atoms. The number of carbonyl (C=O) groups excluding carboxylic acids is 1. The molecule has 1 aromatic rings. The number of hydrogen-bond acceptors (Lipinski definition) is 4. The Kier molecular flexibility index (Phi) is 5.52. The van der Waals surface area contributed by atoms with E-state index < -0.39 is 5.97 Å². The van der Waals surface area contributed by atoms with Gasteiger partial charge >= 0.3 is 5.97 Å². The van der Waals surface area contributed by atoms with Crippen LogP contribution in [0.25, 0.3) is 6.08 Å². The van der Waals surface area contributed by atoms with Crippen molar-refractivity contribution < 1.29 is 19.4 Å². The first-order valence-electron chi connectivity index (χ1n) is 6.93. The van der Waals surface area contributed by atoms with Crippen LogP contribution in [0.15, 0.2) is 12.1 Å². The third kappa shape index (κ3) is 5.32. The number of rotatable bonds is 8. The minimum Gasteiger partial charge on any atom is -0.478 e. The maximum Gasteiger partial charge on any atom is 0.328 e. The maximum atomic E-state index is 12.0. The van der Waals surface area contributed by atoms with E-state index in [1.807, 2.05) is 6.92 Å². The van der Waals surface area contributed by atoms with E-state index in [1.54, 1.807) is 6.07 Å². The van der Waals surface area contributed by atoms with Crippen molar-refractivity contribution in [1.29, 1.82) is 0 Å². The van der Waals surface area contributed by atoms with Crippen LogP contribution in [0.3, 0.4) is 0 Å². The van der Waals surface area contributed by atoms with Gasteiger partial charge in [0.05, 0.1) is 11.5 Å². The zero-order valence-electron chi connectivity index (χ0n) is 11.9. The van der Waals surface area contributed by atoms with E-state index >= 15 is 0 Å². The van der Waals surface area contributed by atoms with E-state index in [-0.39, 0.29) is 5.91 Å². The van der Waals surface area contributed by atoms with Gasteiger partial charge in [-0.1, -0.05) is 0 Å². The lowest BCUT2D eigenvalue weighted by atomic mass is 10.2. The minimum atomic E-state index is -0.999. The molecule has 2 rings (SSSR count). The molecule has 6 heteroatoms. The molecule has 1 saturated carbocycles. The molecule has 0 saturated heterocycles. The first kappa shape index (κ1) is 15.7. The van der Waals surface area contributed by atoms with Crippen LogP contribution in [0.2, 0.25) is 0 Å². The Hall–Kier alpha value is -1.66. The summed E-state index contributed by atoms with van der Waals surface area (Å²) < 4.78 is 5.45. The predicted molar refractivity (Wildman–Crippen MR) is 81.6 cm³/mol. The van der Waals surface area contributed by atoms with Gasteiger partial charge in [0.1, 0.15) is 0 Å². The molecule has 1 aliphatic rings. The number of carboxylic acid groups (broad SMARTS) is 1. The van der Waals surface area contributed by atoms with E-state index in [4.69, 9.17) is 9.84 Å². The van der Waals surface area contributed by atoms with Crippen molar-refractivity contribution in [3.63, 3.8) is 0 Å². The Balaban J connectivity index is 1.78. The second-order valence-corrected chi connectivity index (χ2v) is 6.19. The van der Waals surface area contributed by atoms with E-state index in [1.165, 1.54) is 30.3 Å². The van der Waals surface area contributed by atoms with Crippen molar-refractivity contribution in [3.05, 3.63) is 27.5 Å². The zero-order chi connectivity index (χ0) is 15.2. The van der Waals surface area contributed by atoms with Gasteiger partial charge in [0, 0.05) is 24.1 Å². The van der Waals surface area contributed by atoms with Crippen molar-refractivity contribution >= 4 is 29.3 Å². The lowest BCUT2D eigenvalue weighted by molar-refractivity contribution is -0.131. The summed E-state index contributed by atoms with van der Waals surface area (Å²) >= 11 is 1.29. The first-order chi connectivity index (χ1) is 10.1. The monoisotopic (exact) mass is 309 g/mol. The van der Waals surface area contributed by atoms with Crippen molar-refractivity contribution in [3.8, 4) is 0 Å². The number of nitrogens with one attached hydrogen (secondary N) is 1. The standard InChI is InChI=1S/C15H19NO4S/c1-10-8-13(21-12(10)4-5-14(17)18)15(19)16-6-7-20-9-11-2-3-11/h4-5,8,11H,2-3,6-7,9H2,1H3,(H,16,19)(H,17,18)/b5-4+. The molecule has 1 aromatic heterocycles. The van der Waals surface area contributed by atoms with Gasteiger partial charge < -0.3 is 15.2 Å². The van der Waals surface area contributed by atoms with Crippen LogP contribution in [0.1, 0.15) is 33.0 Å². The number of hydrogen-bond donors (Lipinski definition) is 2. The molecule has 1 amide bonds. The number of carboxylic acids is 1. The van der Waals surface area contributed by atoms with Crippen molar-refractivity contribution in [1.82, 2.24) is 5.32 Å². The molecular formula is C15H19NO4S. The third-order valence-electron chi connectivity index (χ3n) is 3.14. The van der Waals surface area contributed by atoms with Gasteiger partial charge in [0.25, 0.3) is 5.91 Å². The molecule has 0 aromatic carbocycles. The number of thiophene rings is 1. The summed E-state index contributed by atoms with van der Waals surface area (Å²) in [4.78, 5) is 23.8. The van der Waals surface area contributed by atoms with Crippen LogP contribution in [0.5, 0.6) is 0 Å². The van der Waals surface area contributed by atoms with E-state index in [9.17, 15) is 9.59 Å². The number of aryl methyl sites for hydroxylation is 1. The molecule has 0 aliphatic heterocycles. The van der Waals surface area contributed by atoms with Gasteiger partial charge in [-0.2, -0.15) is 0 Å². The topological polar surface area (TPSA) is 75.6 Å². The molecule has 5 nitrogen and oxygen atoms in total. The molecule has 1 heterocycles. The fourth-order valence-corrected chi connectivity index (χ4v) is 2.77. The lowest BCUT2D eigenvalue weighted by Crippen LogP contribution is -2.26. The summed E-state index contributed by atoms with van der Waals surface area (Å²) in [7, 11) is 0. The van der Waals surface area contributed by atoms with E-state index in [0.717, 1.165) is 29.0 Å². The van der Waals surface area contributed by atoms with Gasteiger partial charge in [-0.15, -0.1) is 11.3 Å². The molecule has 0 atom stereocenters. The summed E-state index contributed by atoms with van der Waals surface area (Å²) in [5.74, 6) is -0.418. The van der Waals surface area contributed by atoms with E-state index in [2.05, 4.69) is 5.32 Å². The van der Waals surface area contributed by atoms with Gasteiger partial charge in [0.15, 0.2) is 0 Å². The maximum absolute atomic E-state index is 12.0. The summed E-state index contributed by atoms with van der Waals surface area (Å²) in [6.45, 7) is 3.66. The molecule has 0 bridgehead atoms. The number of ether oxygens (including phenoxy) is 1. The molecule has 0 radical (unpaired) electrons.